The Morgan fingerprint density at radius 3 is 2.85 bits per heavy atom. The third-order valence-electron chi connectivity index (χ3n) is 1.51. The summed E-state index contributed by atoms with van der Waals surface area (Å²) in [7, 11) is 1.28. The lowest BCUT2D eigenvalue weighted by atomic mass is 10.4. The summed E-state index contributed by atoms with van der Waals surface area (Å²) in [5, 5.41) is 0. The maximum atomic E-state index is 11.2. The maximum absolute atomic E-state index is 11.2. The maximum Gasteiger partial charge on any atom is 0.325 e. The molecule has 5 heteroatoms. The molecule has 0 amide bonds. The minimum Gasteiger partial charge on any atom is -0.468 e. The molecule has 0 fully saturated rings. The van der Waals surface area contributed by atoms with Gasteiger partial charge in [-0.25, -0.2) is 0 Å². The number of hydrogen-bond donors (Lipinski definition) is 0. The minimum atomic E-state index is -0.450. The lowest BCUT2D eigenvalue weighted by molar-refractivity contribution is -0.141. The zero-order valence-electron chi connectivity index (χ0n) is 6.99. The Hall–Kier alpha value is -1.10. The second kappa shape index (κ2) is 4.23. The molecule has 1 aromatic heterocycles. The van der Waals surface area contributed by atoms with Crippen molar-refractivity contribution in [2.24, 2.45) is 0 Å². The molecule has 70 valence electrons. The molecule has 4 nitrogen and oxygen atoms in total. The fourth-order valence-electron chi connectivity index (χ4n) is 0.842. The van der Waals surface area contributed by atoms with Crippen molar-refractivity contribution in [3.8, 4) is 0 Å². The van der Waals surface area contributed by atoms with Gasteiger partial charge in [0.1, 0.15) is 6.54 Å². The van der Waals surface area contributed by atoms with Crippen molar-refractivity contribution in [3.63, 3.8) is 0 Å². The van der Waals surface area contributed by atoms with Crippen LogP contribution in [0, 0.1) is 0 Å². The number of pyridine rings is 1. The van der Waals surface area contributed by atoms with Crippen LogP contribution < -0.4 is 5.56 Å². The van der Waals surface area contributed by atoms with Crippen molar-refractivity contribution in [1.29, 1.82) is 0 Å². The highest BCUT2D eigenvalue weighted by Gasteiger charge is 2.05. The normalized spacial score (nSPS) is 9.69. The van der Waals surface area contributed by atoms with E-state index in [1.165, 1.54) is 17.7 Å². The fraction of sp³-hybridized carbons (Fsp3) is 0.250. The van der Waals surface area contributed by atoms with E-state index in [0.29, 0.717) is 4.60 Å². The van der Waals surface area contributed by atoms with Crippen LogP contribution in [-0.4, -0.2) is 17.6 Å². The van der Waals surface area contributed by atoms with Gasteiger partial charge in [0.15, 0.2) is 0 Å². The van der Waals surface area contributed by atoms with Gasteiger partial charge in [0.25, 0.3) is 5.56 Å². The quantitative estimate of drug-likeness (QED) is 0.572. The number of carbonyl (C=O) groups is 1. The van der Waals surface area contributed by atoms with Gasteiger partial charge in [0.05, 0.1) is 11.7 Å². The van der Waals surface area contributed by atoms with Crippen molar-refractivity contribution in [2.75, 3.05) is 7.11 Å². The Labute approximate surface area is 83.3 Å². The predicted molar refractivity (Wildman–Crippen MR) is 50.4 cm³/mol. The summed E-state index contributed by atoms with van der Waals surface area (Å²) in [6.07, 6.45) is 0. The molecular weight excluding hydrogens is 238 g/mol. The first-order valence-corrected chi connectivity index (χ1v) is 4.36. The summed E-state index contributed by atoms with van der Waals surface area (Å²) in [5.74, 6) is -0.450. The molecule has 0 aliphatic carbocycles. The lowest BCUT2D eigenvalue weighted by Crippen LogP contribution is -2.24. The predicted octanol–water partition coefficient (Wildman–Crippen LogP) is 0.784. The Morgan fingerprint density at radius 2 is 2.31 bits per heavy atom. The van der Waals surface area contributed by atoms with Gasteiger partial charge in [-0.15, -0.1) is 0 Å². The van der Waals surface area contributed by atoms with Crippen LogP contribution in [0.1, 0.15) is 0 Å². The summed E-state index contributed by atoms with van der Waals surface area (Å²) < 4.78 is 6.29. The Balaban J connectivity index is 3.00. The first-order chi connectivity index (χ1) is 6.15. The number of halogens is 1. The van der Waals surface area contributed by atoms with Crippen LogP contribution in [0.25, 0.3) is 0 Å². The average molecular weight is 246 g/mol. The standard InChI is InChI=1S/C8H8BrNO3/c1-13-8(12)5-10-6(9)3-2-4-7(10)11/h2-4H,5H2,1H3. The van der Waals surface area contributed by atoms with Crippen LogP contribution in [0.5, 0.6) is 0 Å². The van der Waals surface area contributed by atoms with E-state index >= 15 is 0 Å². The van der Waals surface area contributed by atoms with Crippen LogP contribution in [0.3, 0.4) is 0 Å². The summed E-state index contributed by atoms with van der Waals surface area (Å²) >= 11 is 3.16. The molecule has 0 aromatic carbocycles. The zero-order valence-corrected chi connectivity index (χ0v) is 8.58. The van der Waals surface area contributed by atoms with E-state index in [1.807, 2.05) is 0 Å². The van der Waals surface area contributed by atoms with E-state index in [1.54, 1.807) is 12.1 Å². The van der Waals surface area contributed by atoms with Gasteiger partial charge in [-0.2, -0.15) is 0 Å². The topological polar surface area (TPSA) is 48.3 Å². The second-order valence-corrected chi connectivity index (χ2v) is 3.16. The number of carbonyl (C=O) groups excluding carboxylic acids is 1. The molecule has 1 aromatic rings. The van der Waals surface area contributed by atoms with Crippen molar-refractivity contribution in [3.05, 3.63) is 33.2 Å². The highest BCUT2D eigenvalue weighted by atomic mass is 79.9. The van der Waals surface area contributed by atoms with E-state index < -0.39 is 5.97 Å². The van der Waals surface area contributed by atoms with E-state index in [4.69, 9.17) is 0 Å². The van der Waals surface area contributed by atoms with Gasteiger partial charge in [-0.05, 0) is 22.0 Å². The Morgan fingerprint density at radius 1 is 1.62 bits per heavy atom. The van der Waals surface area contributed by atoms with Crippen LogP contribution in [0.4, 0.5) is 0 Å². The molecule has 1 rings (SSSR count). The monoisotopic (exact) mass is 245 g/mol. The van der Waals surface area contributed by atoms with Crippen molar-refractivity contribution >= 4 is 21.9 Å². The van der Waals surface area contributed by atoms with E-state index in [2.05, 4.69) is 20.7 Å². The van der Waals surface area contributed by atoms with Gasteiger partial charge in [0, 0.05) is 6.07 Å². The van der Waals surface area contributed by atoms with Crippen molar-refractivity contribution < 1.29 is 9.53 Å². The minimum absolute atomic E-state index is 0.0727. The average Bonchev–Trinajstić information content (AvgIpc) is 2.11. The van der Waals surface area contributed by atoms with E-state index in [0.717, 1.165) is 0 Å². The molecule has 0 saturated carbocycles. The second-order valence-electron chi connectivity index (χ2n) is 2.35. The van der Waals surface area contributed by atoms with Gasteiger partial charge in [-0.1, -0.05) is 6.07 Å². The molecule has 0 spiro atoms. The third-order valence-corrected chi connectivity index (χ3v) is 2.20. The summed E-state index contributed by atoms with van der Waals surface area (Å²) in [6, 6.07) is 4.68. The number of rotatable bonds is 2. The molecule has 13 heavy (non-hydrogen) atoms. The van der Waals surface area contributed by atoms with Crippen LogP contribution >= 0.6 is 15.9 Å². The molecule has 0 aliphatic heterocycles. The van der Waals surface area contributed by atoms with Gasteiger partial charge < -0.3 is 4.74 Å². The molecule has 0 saturated heterocycles. The highest BCUT2D eigenvalue weighted by Crippen LogP contribution is 2.05. The van der Waals surface area contributed by atoms with Crippen LogP contribution in [-0.2, 0) is 16.1 Å². The van der Waals surface area contributed by atoms with Gasteiger partial charge in [0.2, 0.25) is 0 Å². The molecule has 0 N–H and O–H groups in total. The Kier molecular flexibility index (Phi) is 3.25. The smallest absolute Gasteiger partial charge is 0.325 e. The van der Waals surface area contributed by atoms with Crippen molar-refractivity contribution in [1.82, 2.24) is 4.57 Å². The third kappa shape index (κ3) is 2.42. The van der Waals surface area contributed by atoms with E-state index in [-0.39, 0.29) is 12.1 Å². The molecular formula is C8H8BrNO3. The number of aromatic nitrogens is 1. The van der Waals surface area contributed by atoms with Crippen LogP contribution in [0.15, 0.2) is 27.6 Å². The zero-order chi connectivity index (χ0) is 9.84. The first-order valence-electron chi connectivity index (χ1n) is 3.57. The largest absolute Gasteiger partial charge is 0.468 e. The number of ether oxygens (including phenoxy) is 1. The molecule has 0 radical (unpaired) electrons. The first kappa shape index (κ1) is 9.98. The SMILES string of the molecule is COC(=O)Cn1c(Br)cccc1=O. The lowest BCUT2D eigenvalue weighted by Gasteiger charge is -2.05. The van der Waals surface area contributed by atoms with Crippen molar-refractivity contribution in [2.45, 2.75) is 6.54 Å². The highest BCUT2D eigenvalue weighted by molar-refractivity contribution is 9.10. The molecule has 0 unspecified atom stereocenters. The number of esters is 1. The molecule has 0 bridgehead atoms. The number of methoxy groups -OCH3 is 1. The number of hydrogen-bond acceptors (Lipinski definition) is 3. The molecule has 0 aliphatic rings. The fourth-order valence-corrected chi connectivity index (χ4v) is 1.29. The van der Waals surface area contributed by atoms with Gasteiger partial charge in [-0.3, -0.25) is 14.2 Å². The summed E-state index contributed by atoms with van der Waals surface area (Å²) in [6.45, 7) is -0.0727. The van der Waals surface area contributed by atoms with Gasteiger partial charge >= 0.3 is 5.97 Å². The molecule has 0 atom stereocenters. The Bertz CT molecular complexity index is 372. The summed E-state index contributed by atoms with van der Waals surface area (Å²) in [4.78, 5) is 22.1. The number of nitrogens with zero attached hydrogens (tertiary/aromatic N) is 1. The molecule has 1 heterocycles. The van der Waals surface area contributed by atoms with Crippen LogP contribution in [0.2, 0.25) is 0 Å². The summed E-state index contributed by atoms with van der Waals surface area (Å²) in [5.41, 5.74) is -0.236. The van der Waals surface area contributed by atoms with E-state index in [9.17, 15) is 9.59 Å².